The fourth-order valence-corrected chi connectivity index (χ4v) is 3.15. The SMILES string of the molecule is C=CCNN1CC(C)=C(C(=O)c2ccc(Cl)c([N+](=O)[O-])c2)S1. The van der Waals surface area contributed by atoms with Gasteiger partial charge in [0.25, 0.3) is 5.69 Å². The van der Waals surface area contributed by atoms with Crippen molar-refractivity contribution in [1.82, 2.24) is 9.84 Å². The molecule has 0 saturated heterocycles. The highest BCUT2D eigenvalue weighted by Crippen LogP contribution is 2.35. The average molecular weight is 340 g/mol. The van der Waals surface area contributed by atoms with Gasteiger partial charge in [0, 0.05) is 24.7 Å². The smallest absolute Gasteiger partial charge is 0.288 e. The topological polar surface area (TPSA) is 75.5 Å². The van der Waals surface area contributed by atoms with Gasteiger partial charge in [-0.3, -0.25) is 14.9 Å². The molecule has 0 aliphatic carbocycles. The van der Waals surface area contributed by atoms with E-state index < -0.39 is 4.92 Å². The van der Waals surface area contributed by atoms with Crippen LogP contribution in [0.25, 0.3) is 0 Å². The number of benzene rings is 1. The van der Waals surface area contributed by atoms with Crippen LogP contribution in [0.5, 0.6) is 0 Å². The zero-order chi connectivity index (χ0) is 16.3. The van der Waals surface area contributed by atoms with Crippen LogP contribution in [-0.4, -0.2) is 28.2 Å². The molecule has 1 N–H and O–H groups in total. The summed E-state index contributed by atoms with van der Waals surface area (Å²) in [6.07, 6.45) is 1.72. The fraction of sp³-hybridized carbons (Fsp3) is 0.214. The molecule has 1 aliphatic heterocycles. The largest absolute Gasteiger partial charge is 0.288 e. The van der Waals surface area contributed by atoms with Crippen molar-refractivity contribution in [2.45, 2.75) is 6.92 Å². The first kappa shape index (κ1) is 16.7. The van der Waals surface area contributed by atoms with Crippen LogP contribution in [0, 0.1) is 10.1 Å². The van der Waals surface area contributed by atoms with E-state index in [2.05, 4.69) is 12.0 Å². The summed E-state index contributed by atoms with van der Waals surface area (Å²) in [6, 6.07) is 4.08. The predicted molar refractivity (Wildman–Crippen MR) is 87.6 cm³/mol. The number of nitro groups is 1. The molecule has 116 valence electrons. The summed E-state index contributed by atoms with van der Waals surface area (Å²) in [7, 11) is 0. The van der Waals surface area contributed by atoms with Crippen LogP contribution in [0.15, 0.2) is 41.3 Å². The molecule has 0 atom stereocenters. The van der Waals surface area contributed by atoms with Gasteiger partial charge in [0.15, 0.2) is 0 Å². The summed E-state index contributed by atoms with van der Waals surface area (Å²) < 4.78 is 1.83. The number of nitrogens with zero attached hydrogens (tertiary/aromatic N) is 2. The third kappa shape index (κ3) is 3.56. The minimum Gasteiger partial charge on any atom is -0.288 e. The molecule has 0 spiro atoms. The standard InChI is InChI=1S/C14H14ClN3O3S/c1-3-6-16-17-8-9(2)14(22-17)13(19)10-4-5-11(15)12(7-10)18(20)21/h3-5,7,16H,1,6,8H2,2H3. The molecule has 1 aliphatic rings. The normalized spacial score (nSPS) is 15.2. The van der Waals surface area contributed by atoms with Gasteiger partial charge in [-0.15, -0.1) is 6.58 Å². The number of nitro benzene ring substituents is 1. The average Bonchev–Trinajstić information content (AvgIpc) is 2.85. The van der Waals surface area contributed by atoms with Gasteiger partial charge >= 0.3 is 0 Å². The number of ketones is 1. The van der Waals surface area contributed by atoms with Gasteiger partial charge in [-0.1, -0.05) is 17.7 Å². The van der Waals surface area contributed by atoms with Gasteiger partial charge in [0.2, 0.25) is 5.78 Å². The molecule has 2 rings (SSSR count). The summed E-state index contributed by atoms with van der Waals surface area (Å²) in [5.74, 6) is -0.245. The molecule has 0 unspecified atom stereocenters. The van der Waals surface area contributed by atoms with E-state index in [1.54, 1.807) is 6.08 Å². The van der Waals surface area contributed by atoms with Crippen molar-refractivity contribution >= 4 is 35.0 Å². The van der Waals surface area contributed by atoms with E-state index in [-0.39, 0.29) is 22.1 Å². The Labute approximate surface area is 137 Å². The van der Waals surface area contributed by atoms with E-state index >= 15 is 0 Å². The first-order chi connectivity index (χ1) is 10.4. The Morgan fingerprint density at radius 3 is 3.00 bits per heavy atom. The maximum absolute atomic E-state index is 12.5. The summed E-state index contributed by atoms with van der Waals surface area (Å²) in [5.41, 5.74) is 3.98. The van der Waals surface area contributed by atoms with E-state index in [0.717, 1.165) is 5.57 Å². The Morgan fingerprint density at radius 1 is 1.64 bits per heavy atom. The first-order valence-electron chi connectivity index (χ1n) is 6.42. The second-order valence-electron chi connectivity index (χ2n) is 4.64. The Balaban J connectivity index is 2.22. The van der Waals surface area contributed by atoms with E-state index in [9.17, 15) is 14.9 Å². The molecular weight excluding hydrogens is 326 g/mol. The number of hydrazine groups is 1. The minimum atomic E-state index is -0.597. The van der Waals surface area contributed by atoms with Crippen molar-refractivity contribution in [2.75, 3.05) is 13.1 Å². The molecule has 1 heterocycles. The van der Waals surface area contributed by atoms with Crippen molar-refractivity contribution in [3.05, 3.63) is 62.0 Å². The monoisotopic (exact) mass is 339 g/mol. The van der Waals surface area contributed by atoms with Crippen LogP contribution in [0.1, 0.15) is 17.3 Å². The summed E-state index contributed by atoms with van der Waals surface area (Å²) in [4.78, 5) is 23.4. The lowest BCUT2D eigenvalue weighted by Crippen LogP contribution is -2.30. The fourth-order valence-electron chi connectivity index (χ4n) is 1.92. The van der Waals surface area contributed by atoms with Crippen molar-refractivity contribution < 1.29 is 9.72 Å². The highest BCUT2D eigenvalue weighted by Gasteiger charge is 2.27. The van der Waals surface area contributed by atoms with Crippen molar-refractivity contribution in [1.29, 1.82) is 0 Å². The molecule has 0 bridgehead atoms. The van der Waals surface area contributed by atoms with Gasteiger partial charge in [-0.05, 0) is 36.6 Å². The maximum Gasteiger partial charge on any atom is 0.288 e. The number of carbonyl (C=O) groups is 1. The number of Topliss-reactive ketones (excluding diaryl/α,β-unsaturated/α-hetero) is 1. The van der Waals surface area contributed by atoms with Gasteiger partial charge < -0.3 is 0 Å². The molecule has 1 aromatic carbocycles. The third-order valence-corrected chi connectivity index (χ3v) is 4.51. The van der Waals surface area contributed by atoms with Crippen LogP contribution in [0.2, 0.25) is 5.02 Å². The van der Waals surface area contributed by atoms with Gasteiger partial charge in [0.1, 0.15) is 5.02 Å². The Hall–Kier alpha value is -1.67. The molecular formula is C14H14ClN3O3S. The lowest BCUT2D eigenvalue weighted by molar-refractivity contribution is -0.384. The number of hydrogen-bond donors (Lipinski definition) is 1. The van der Waals surface area contributed by atoms with Crippen LogP contribution in [-0.2, 0) is 0 Å². The van der Waals surface area contributed by atoms with E-state index in [4.69, 9.17) is 11.6 Å². The number of hydrogen-bond acceptors (Lipinski definition) is 6. The van der Waals surface area contributed by atoms with E-state index in [1.807, 2.05) is 11.3 Å². The predicted octanol–water partition coefficient (Wildman–Crippen LogP) is 3.36. The minimum absolute atomic E-state index is 0.0144. The molecule has 0 aromatic heterocycles. The van der Waals surface area contributed by atoms with Crippen molar-refractivity contribution in [2.24, 2.45) is 0 Å². The zero-order valence-corrected chi connectivity index (χ0v) is 13.4. The summed E-state index contributed by atoms with van der Waals surface area (Å²) in [6.45, 7) is 6.67. The second kappa shape index (κ2) is 7.06. The lowest BCUT2D eigenvalue weighted by atomic mass is 10.1. The van der Waals surface area contributed by atoms with Crippen molar-refractivity contribution in [3.8, 4) is 0 Å². The summed E-state index contributed by atoms with van der Waals surface area (Å²) >= 11 is 7.05. The second-order valence-corrected chi connectivity index (χ2v) is 6.08. The third-order valence-electron chi connectivity index (χ3n) is 2.99. The molecule has 1 aromatic rings. The van der Waals surface area contributed by atoms with Crippen molar-refractivity contribution in [3.63, 3.8) is 0 Å². The molecule has 0 radical (unpaired) electrons. The number of allylic oxidation sites excluding steroid dienone is 1. The molecule has 6 nitrogen and oxygen atoms in total. The Kier molecular flexibility index (Phi) is 5.36. The number of halogens is 1. The molecule has 0 fully saturated rings. The van der Waals surface area contributed by atoms with Crippen LogP contribution in [0.4, 0.5) is 5.69 Å². The quantitative estimate of drug-likeness (QED) is 0.281. The summed E-state index contributed by atoms with van der Waals surface area (Å²) in [5, 5.41) is 10.9. The zero-order valence-electron chi connectivity index (χ0n) is 11.8. The van der Waals surface area contributed by atoms with E-state index in [0.29, 0.717) is 18.0 Å². The molecule has 8 heteroatoms. The Bertz CT molecular complexity index is 675. The molecule has 0 amide bonds. The number of carbonyl (C=O) groups excluding carboxylic acids is 1. The van der Waals surface area contributed by atoms with E-state index in [1.165, 1.54) is 30.1 Å². The highest BCUT2D eigenvalue weighted by molar-refractivity contribution is 8.02. The highest BCUT2D eigenvalue weighted by atomic mass is 35.5. The maximum atomic E-state index is 12.5. The number of nitrogens with one attached hydrogen (secondary N) is 1. The lowest BCUT2D eigenvalue weighted by Gasteiger charge is -2.14. The van der Waals surface area contributed by atoms with Crippen LogP contribution >= 0.6 is 23.5 Å². The van der Waals surface area contributed by atoms with Crippen LogP contribution < -0.4 is 5.43 Å². The molecule has 0 saturated carbocycles. The van der Waals surface area contributed by atoms with Gasteiger partial charge in [-0.25, -0.2) is 5.43 Å². The first-order valence-corrected chi connectivity index (χ1v) is 7.57. The van der Waals surface area contributed by atoms with Crippen LogP contribution in [0.3, 0.4) is 0 Å². The number of rotatable bonds is 6. The Morgan fingerprint density at radius 2 is 2.36 bits per heavy atom. The van der Waals surface area contributed by atoms with Gasteiger partial charge in [-0.2, -0.15) is 4.41 Å². The molecule has 22 heavy (non-hydrogen) atoms. The van der Waals surface area contributed by atoms with Gasteiger partial charge in [0.05, 0.1) is 9.83 Å².